The molecule has 1 aromatic heterocycles. The standard InChI is InChI=1S/C11H17N3O3/c1-8-9(7-13-14-8)4-5-10(15)12-6-2-3-11(16)17/h7H,2-6H2,1H3,(H,12,15)(H,13,14)(H,16,17). The molecule has 0 fully saturated rings. The number of aliphatic carboxylic acids is 1. The summed E-state index contributed by atoms with van der Waals surface area (Å²) in [5.74, 6) is -0.899. The van der Waals surface area contributed by atoms with E-state index < -0.39 is 5.97 Å². The first-order valence-corrected chi connectivity index (χ1v) is 5.57. The van der Waals surface area contributed by atoms with E-state index in [9.17, 15) is 9.59 Å². The van der Waals surface area contributed by atoms with Gasteiger partial charge >= 0.3 is 5.97 Å². The summed E-state index contributed by atoms with van der Waals surface area (Å²) in [6.45, 7) is 2.32. The lowest BCUT2D eigenvalue weighted by Gasteiger charge is -2.03. The number of rotatable bonds is 7. The van der Waals surface area contributed by atoms with Crippen molar-refractivity contribution in [2.75, 3.05) is 6.54 Å². The molecule has 0 aromatic carbocycles. The molecule has 1 rings (SSSR count). The first-order chi connectivity index (χ1) is 8.09. The molecular weight excluding hydrogens is 222 g/mol. The minimum absolute atomic E-state index is 0.0593. The second-order valence-electron chi connectivity index (χ2n) is 3.87. The summed E-state index contributed by atoms with van der Waals surface area (Å²) in [5.41, 5.74) is 2.01. The van der Waals surface area contributed by atoms with Crippen LogP contribution in [0, 0.1) is 6.92 Å². The summed E-state index contributed by atoms with van der Waals surface area (Å²) in [7, 11) is 0. The number of H-pyrrole nitrogens is 1. The van der Waals surface area contributed by atoms with Crippen molar-refractivity contribution in [2.45, 2.75) is 32.6 Å². The number of aryl methyl sites for hydroxylation is 2. The van der Waals surface area contributed by atoms with Gasteiger partial charge in [0, 0.05) is 25.1 Å². The van der Waals surface area contributed by atoms with Crippen LogP contribution in [-0.4, -0.2) is 33.7 Å². The normalized spacial score (nSPS) is 10.2. The monoisotopic (exact) mass is 239 g/mol. The number of nitrogens with zero attached hydrogens (tertiary/aromatic N) is 1. The maximum absolute atomic E-state index is 11.4. The number of hydrogen-bond acceptors (Lipinski definition) is 3. The Kier molecular flexibility index (Phi) is 5.19. The summed E-state index contributed by atoms with van der Waals surface area (Å²) in [6.07, 6.45) is 3.31. The van der Waals surface area contributed by atoms with Gasteiger partial charge in [-0.05, 0) is 25.3 Å². The lowest BCUT2D eigenvalue weighted by Crippen LogP contribution is -2.25. The van der Waals surface area contributed by atoms with Crippen molar-refractivity contribution in [3.8, 4) is 0 Å². The first kappa shape index (κ1) is 13.2. The molecule has 17 heavy (non-hydrogen) atoms. The summed E-state index contributed by atoms with van der Waals surface area (Å²) in [5, 5.41) is 17.8. The maximum Gasteiger partial charge on any atom is 0.303 e. The molecular formula is C11H17N3O3. The third-order valence-electron chi connectivity index (χ3n) is 2.45. The highest BCUT2D eigenvalue weighted by atomic mass is 16.4. The van der Waals surface area contributed by atoms with Crippen molar-refractivity contribution in [2.24, 2.45) is 0 Å². The fourth-order valence-corrected chi connectivity index (χ4v) is 1.43. The number of amides is 1. The van der Waals surface area contributed by atoms with Crippen LogP contribution < -0.4 is 5.32 Å². The zero-order chi connectivity index (χ0) is 12.7. The van der Waals surface area contributed by atoms with Gasteiger partial charge in [-0.3, -0.25) is 14.7 Å². The second-order valence-corrected chi connectivity index (χ2v) is 3.87. The van der Waals surface area contributed by atoms with Gasteiger partial charge in [-0.1, -0.05) is 0 Å². The molecule has 0 aliphatic heterocycles. The molecule has 1 aromatic rings. The highest BCUT2D eigenvalue weighted by Crippen LogP contribution is 2.05. The van der Waals surface area contributed by atoms with Gasteiger partial charge in [-0.25, -0.2) is 0 Å². The summed E-state index contributed by atoms with van der Waals surface area (Å²) in [4.78, 5) is 21.6. The Morgan fingerprint density at radius 1 is 1.47 bits per heavy atom. The number of aromatic amines is 1. The number of carboxylic acid groups (broad SMARTS) is 1. The van der Waals surface area contributed by atoms with Crippen LogP contribution in [0.5, 0.6) is 0 Å². The van der Waals surface area contributed by atoms with Crippen molar-refractivity contribution in [1.82, 2.24) is 15.5 Å². The molecule has 6 nitrogen and oxygen atoms in total. The molecule has 1 amide bonds. The van der Waals surface area contributed by atoms with E-state index in [0.29, 0.717) is 25.8 Å². The Hall–Kier alpha value is -1.85. The van der Waals surface area contributed by atoms with Gasteiger partial charge in [0.05, 0.1) is 6.20 Å². The number of hydrogen-bond donors (Lipinski definition) is 3. The van der Waals surface area contributed by atoms with E-state index in [0.717, 1.165) is 11.3 Å². The van der Waals surface area contributed by atoms with Crippen LogP contribution in [0.4, 0.5) is 0 Å². The molecule has 0 unspecified atom stereocenters. The number of aromatic nitrogens is 2. The lowest BCUT2D eigenvalue weighted by molar-refractivity contribution is -0.137. The molecule has 3 N–H and O–H groups in total. The van der Waals surface area contributed by atoms with Gasteiger partial charge < -0.3 is 10.4 Å². The van der Waals surface area contributed by atoms with E-state index in [1.54, 1.807) is 6.20 Å². The Morgan fingerprint density at radius 3 is 2.82 bits per heavy atom. The molecule has 6 heteroatoms. The third kappa shape index (κ3) is 5.14. The largest absolute Gasteiger partial charge is 0.481 e. The van der Waals surface area contributed by atoms with E-state index in [4.69, 9.17) is 5.11 Å². The maximum atomic E-state index is 11.4. The van der Waals surface area contributed by atoms with Gasteiger partial charge in [0.15, 0.2) is 0 Å². The molecule has 0 bridgehead atoms. The molecule has 0 spiro atoms. The van der Waals surface area contributed by atoms with E-state index >= 15 is 0 Å². The highest BCUT2D eigenvalue weighted by molar-refractivity contribution is 5.76. The van der Waals surface area contributed by atoms with E-state index in [-0.39, 0.29) is 12.3 Å². The van der Waals surface area contributed by atoms with Crippen LogP contribution in [0.25, 0.3) is 0 Å². The van der Waals surface area contributed by atoms with Crippen LogP contribution in [0.2, 0.25) is 0 Å². The highest BCUT2D eigenvalue weighted by Gasteiger charge is 2.05. The quantitative estimate of drug-likeness (QED) is 0.608. The van der Waals surface area contributed by atoms with Crippen LogP contribution in [0.1, 0.15) is 30.5 Å². The molecule has 0 saturated heterocycles. The second kappa shape index (κ2) is 6.67. The van der Waals surface area contributed by atoms with E-state index in [1.165, 1.54) is 0 Å². The smallest absolute Gasteiger partial charge is 0.303 e. The minimum atomic E-state index is -0.840. The van der Waals surface area contributed by atoms with Crippen molar-refractivity contribution in [3.63, 3.8) is 0 Å². The number of carbonyl (C=O) groups is 2. The predicted octanol–water partition coefficient (Wildman–Crippen LogP) is 0.632. The van der Waals surface area contributed by atoms with Gasteiger partial charge in [0.25, 0.3) is 0 Å². The molecule has 94 valence electrons. The minimum Gasteiger partial charge on any atom is -0.481 e. The zero-order valence-electron chi connectivity index (χ0n) is 9.82. The lowest BCUT2D eigenvalue weighted by atomic mass is 10.1. The predicted molar refractivity (Wildman–Crippen MR) is 61.5 cm³/mol. The topological polar surface area (TPSA) is 95.1 Å². The molecule has 0 aliphatic rings. The van der Waals surface area contributed by atoms with Crippen LogP contribution in [-0.2, 0) is 16.0 Å². The molecule has 1 heterocycles. The van der Waals surface area contributed by atoms with Crippen LogP contribution in [0.3, 0.4) is 0 Å². The fraction of sp³-hybridized carbons (Fsp3) is 0.545. The van der Waals surface area contributed by atoms with Gasteiger partial charge in [0.2, 0.25) is 5.91 Å². The van der Waals surface area contributed by atoms with Crippen LogP contribution in [0.15, 0.2) is 6.20 Å². The summed E-state index contributed by atoms with van der Waals surface area (Å²) in [6, 6.07) is 0. The number of carbonyl (C=O) groups excluding carboxylic acids is 1. The summed E-state index contributed by atoms with van der Waals surface area (Å²) >= 11 is 0. The van der Waals surface area contributed by atoms with Crippen molar-refractivity contribution in [3.05, 3.63) is 17.5 Å². The van der Waals surface area contributed by atoms with Gasteiger partial charge in [-0.2, -0.15) is 5.10 Å². The Bertz CT molecular complexity index is 387. The average Bonchev–Trinajstić information content (AvgIpc) is 2.67. The number of carboxylic acids is 1. The molecule has 0 aliphatic carbocycles. The molecule has 0 radical (unpaired) electrons. The van der Waals surface area contributed by atoms with Gasteiger partial charge in [-0.15, -0.1) is 0 Å². The van der Waals surface area contributed by atoms with E-state index in [2.05, 4.69) is 15.5 Å². The van der Waals surface area contributed by atoms with Crippen molar-refractivity contribution < 1.29 is 14.7 Å². The Labute approximate surface area is 99.4 Å². The molecule has 0 saturated carbocycles. The third-order valence-corrected chi connectivity index (χ3v) is 2.45. The Morgan fingerprint density at radius 2 is 2.24 bits per heavy atom. The Balaban J connectivity index is 2.13. The molecule has 0 atom stereocenters. The van der Waals surface area contributed by atoms with Crippen LogP contribution >= 0.6 is 0 Å². The fourth-order valence-electron chi connectivity index (χ4n) is 1.43. The van der Waals surface area contributed by atoms with Gasteiger partial charge in [0.1, 0.15) is 0 Å². The summed E-state index contributed by atoms with van der Waals surface area (Å²) < 4.78 is 0. The number of nitrogens with one attached hydrogen (secondary N) is 2. The SMILES string of the molecule is Cc1[nH]ncc1CCC(=O)NCCCC(=O)O. The average molecular weight is 239 g/mol. The van der Waals surface area contributed by atoms with Crippen molar-refractivity contribution in [1.29, 1.82) is 0 Å². The zero-order valence-corrected chi connectivity index (χ0v) is 9.82. The first-order valence-electron chi connectivity index (χ1n) is 5.57. The van der Waals surface area contributed by atoms with E-state index in [1.807, 2.05) is 6.92 Å². The van der Waals surface area contributed by atoms with Crippen molar-refractivity contribution >= 4 is 11.9 Å².